The van der Waals surface area contributed by atoms with Crippen molar-refractivity contribution in [1.29, 1.82) is 0 Å². The molecule has 0 aliphatic carbocycles. The highest BCUT2D eigenvalue weighted by Crippen LogP contribution is 2.19. The van der Waals surface area contributed by atoms with E-state index in [1.54, 1.807) is 0 Å². The molecule has 0 spiro atoms. The number of carbonyl (C=O) groups excluding carboxylic acids is 1. The highest BCUT2D eigenvalue weighted by molar-refractivity contribution is 5.89. The number of pyridine rings is 1. The zero-order chi connectivity index (χ0) is 20.2. The van der Waals surface area contributed by atoms with Gasteiger partial charge in [0.2, 0.25) is 0 Å². The van der Waals surface area contributed by atoms with Crippen molar-refractivity contribution in [2.24, 2.45) is 5.92 Å². The van der Waals surface area contributed by atoms with Gasteiger partial charge in [-0.15, -0.1) is 0 Å². The van der Waals surface area contributed by atoms with Crippen LogP contribution in [0.1, 0.15) is 29.7 Å². The molecule has 0 unspecified atom stereocenters. The van der Waals surface area contributed by atoms with E-state index in [9.17, 15) is 4.79 Å². The molecule has 6 heteroatoms. The van der Waals surface area contributed by atoms with Gasteiger partial charge in [0.05, 0.1) is 11.9 Å². The SMILES string of the molecule is Cc1ccc(NC(=O)NC[C@H]2CCCN(Cc3cnc4ccc(C)cn34)C2)cc1. The zero-order valence-corrected chi connectivity index (χ0v) is 17.2. The second kappa shape index (κ2) is 8.66. The lowest BCUT2D eigenvalue weighted by Crippen LogP contribution is -2.41. The van der Waals surface area contributed by atoms with Gasteiger partial charge in [-0.3, -0.25) is 4.90 Å². The number of benzene rings is 1. The molecule has 3 aromatic rings. The fraction of sp³-hybridized carbons (Fsp3) is 0.391. The molecule has 1 aliphatic rings. The summed E-state index contributed by atoms with van der Waals surface area (Å²) in [5, 5.41) is 5.94. The number of piperidine rings is 1. The van der Waals surface area contributed by atoms with Gasteiger partial charge in [0, 0.05) is 31.5 Å². The highest BCUT2D eigenvalue weighted by Gasteiger charge is 2.21. The number of urea groups is 1. The number of aromatic nitrogens is 2. The van der Waals surface area contributed by atoms with E-state index in [0.717, 1.165) is 43.8 Å². The van der Waals surface area contributed by atoms with Crippen LogP contribution < -0.4 is 10.6 Å². The maximum Gasteiger partial charge on any atom is 0.319 e. The van der Waals surface area contributed by atoms with Crippen LogP contribution in [-0.4, -0.2) is 39.9 Å². The number of fused-ring (bicyclic) bond motifs is 1. The fourth-order valence-corrected chi connectivity index (χ4v) is 3.99. The zero-order valence-electron chi connectivity index (χ0n) is 17.2. The first kappa shape index (κ1) is 19.5. The molecule has 2 aromatic heterocycles. The quantitative estimate of drug-likeness (QED) is 0.691. The van der Waals surface area contributed by atoms with Crippen molar-refractivity contribution >= 4 is 17.4 Å². The Bertz CT molecular complexity index is 979. The molecular formula is C23H29N5O. The van der Waals surface area contributed by atoms with Crippen LogP contribution in [0.4, 0.5) is 10.5 Å². The van der Waals surface area contributed by atoms with Crippen molar-refractivity contribution in [3.05, 3.63) is 65.6 Å². The fourth-order valence-electron chi connectivity index (χ4n) is 3.99. The van der Waals surface area contributed by atoms with Crippen LogP contribution in [0.2, 0.25) is 0 Å². The van der Waals surface area contributed by atoms with Crippen molar-refractivity contribution in [1.82, 2.24) is 19.6 Å². The first-order valence-electron chi connectivity index (χ1n) is 10.3. The maximum absolute atomic E-state index is 12.2. The molecule has 0 bridgehead atoms. The summed E-state index contributed by atoms with van der Waals surface area (Å²) in [6.45, 7) is 7.80. The van der Waals surface area contributed by atoms with Gasteiger partial charge in [-0.2, -0.15) is 0 Å². The Morgan fingerprint density at radius 3 is 2.76 bits per heavy atom. The number of amides is 2. The van der Waals surface area contributed by atoms with E-state index in [1.165, 1.54) is 16.8 Å². The van der Waals surface area contributed by atoms with Crippen LogP contribution in [-0.2, 0) is 6.54 Å². The van der Waals surface area contributed by atoms with Crippen molar-refractivity contribution in [2.45, 2.75) is 33.2 Å². The number of carbonyl (C=O) groups is 1. The Morgan fingerprint density at radius 2 is 1.93 bits per heavy atom. The molecule has 2 amide bonds. The number of nitrogens with one attached hydrogen (secondary N) is 2. The number of anilines is 1. The van der Waals surface area contributed by atoms with Crippen molar-refractivity contribution in [3.8, 4) is 0 Å². The number of rotatable bonds is 5. The Kier molecular flexibility index (Phi) is 5.81. The molecule has 1 fully saturated rings. The predicted molar refractivity (Wildman–Crippen MR) is 116 cm³/mol. The Morgan fingerprint density at radius 1 is 1.14 bits per heavy atom. The largest absolute Gasteiger partial charge is 0.338 e. The van der Waals surface area contributed by atoms with Gasteiger partial charge in [0.1, 0.15) is 5.65 Å². The molecular weight excluding hydrogens is 362 g/mol. The summed E-state index contributed by atoms with van der Waals surface area (Å²) < 4.78 is 2.19. The summed E-state index contributed by atoms with van der Waals surface area (Å²) in [5.41, 5.74) is 5.45. The van der Waals surface area contributed by atoms with Gasteiger partial charge < -0.3 is 15.0 Å². The summed E-state index contributed by atoms with van der Waals surface area (Å²) in [6.07, 6.45) is 6.43. The highest BCUT2D eigenvalue weighted by atomic mass is 16.2. The number of hydrogen-bond acceptors (Lipinski definition) is 3. The molecule has 152 valence electrons. The first-order valence-corrected chi connectivity index (χ1v) is 10.3. The molecule has 2 N–H and O–H groups in total. The molecule has 29 heavy (non-hydrogen) atoms. The lowest BCUT2D eigenvalue weighted by atomic mass is 9.98. The van der Waals surface area contributed by atoms with E-state index in [4.69, 9.17) is 0 Å². The third kappa shape index (κ3) is 4.95. The third-order valence-electron chi connectivity index (χ3n) is 5.58. The molecule has 1 aliphatic heterocycles. The van der Waals surface area contributed by atoms with Crippen LogP contribution in [0.25, 0.3) is 5.65 Å². The van der Waals surface area contributed by atoms with E-state index in [1.807, 2.05) is 37.4 Å². The average Bonchev–Trinajstić information content (AvgIpc) is 3.10. The van der Waals surface area contributed by atoms with E-state index < -0.39 is 0 Å². The first-order chi connectivity index (χ1) is 14.1. The number of nitrogens with zero attached hydrogens (tertiary/aromatic N) is 3. The summed E-state index contributed by atoms with van der Waals surface area (Å²) in [4.78, 5) is 19.2. The Balaban J connectivity index is 1.29. The number of imidazole rings is 1. The van der Waals surface area contributed by atoms with E-state index in [2.05, 4.69) is 50.2 Å². The third-order valence-corrected chi connectivity index (χ3v) is 5.58. The minimum absolute atomic E-state index is 0.136. The lowest BCUT2D eigenvalue weighted by molar-refractivity contribution is 0.164. The Hall–Kier alpha value is -2.86. The van der Waals surface area contributed by atoms with Crippen molar-refractivity contribution in [3.63, 3.8) is 0 Å². The summed E-state index contributed by atoms with van der Waals surface area (Å²) in [5.74, 6) is 0.466. The lowest BCUT2D eigenvalue weighted by Gasteiger charge is -2.32. The normalized spacial score (nSPS) is 17.4. The molecule has 1 aromatic carbocycles. The minimum atomic E-state index is -0.136. The monoisotopic (exact) mass is 391 g/mol. The molecule has 1 atom stereocenters. The van der Waals surface area contributed by atoms with Crippen molar-refractivity contribution in [2.75, 3.05) is 25.0 Å². The van der Waals surface area contributed by atoms with Gasteiger partial charge in [0.15, 0.2) is 0 Å². The molecule has 3 heterocycles. The Labute approximate surface area is 171 Å². The second-order valence-electron chi connectivity index (χ2n) is 8.13. The number of hydrogen-bond donors (Lipinski definition) is 2. The summed E-state index contributed by atoms with van der Waals surface area (Å²) in [7, 11) is 0. The number of likely N-dealkylation sites (tertiary alicyclic amines) is 1. The van der Waals surface area contributed by atoms with Gasteiger partial charge in [-0.05, 0) is 62.9 Å². The van der Waals surface area contributed by atoms with Crippen LogP contribution in [0.15, 0.2) is 48.8 Å². The minimum Gasteiger partial charge on any atom is -0.338 e. The molecule has 0 radical (unpaired) electrons. The summed E-state index contributed by atoms with van der Waals surface area (Å²) >= 11 is 0. The number of aryl methyl sites for hydroxylation is 2. The van der Waals surface area contributed by atoms with Crippen LogP contribution in [0.3, 0.4) is 0 Å². The van der Waals surface area contributed by atoms with Crippen LogP contribution in [0, 0.1) is 19.8 Å². The standard InChI is InChI=1S/C23H29N5O/c1-17-5-8-20(9-6-17)26-23(29)25-12-19-4-3-11-27(15-19)16-21-13-24-22-10-7-18(2)14-28(21)22/h5-10,13-14,19H,3-4,11-12,15-16H2,1-2H3,(H2,25,26,29)/t19-/m1/s1. The smallest absolute Gasteiger partial charge is 0.319 e. The topological polar surface area (TPSA) is 61.7 Å². The average molecular weight is 392 g/mol. The van der Waals surface area contributed by atoms with Gasteiger partial charge in [-0.1, -0.05) is 23.8 Å². The van der Waals surface area contributed by atoms with Crippen LogP contribution >= 0.6 is 0 Å². The van der Waals surface area contributed by atoms with E-state index >= 15 is 0 Å². The van der Waals surface area contributed by atoms with E-state index in [0.29, 0.717) is 12.5 Å². The molecule has 6 nitrogen and oxygen atoms in total. The molecule has 4 rings (SSSR count). The van der Waals surface area contributed by atoms with E-state index in [-0.39, 0.29) is 6.03 Å². The molecule has 1 saturated heterocycles. The van der Waals surface area contributed by atoms with Crippen LogP contribution in [0.5, 0.6) is 0 Å². The van der Waals surface area contributed by atoms with Gasteiger partial charge in [-0.25, -0.2) is 9.78 Å². The summed E-state index contributed by atoms with van der Waals surface area (Å²) in [6, 6.07) is 11.9. The second-order valence-corrected chi connectivity index (χ2v) is 8.13. The van der Waals surface area contributed by atoms with Crippen molar-refractivity contribution < 1.29 is 4.79 Å². The maximum atomic E-state index is 12.2. The van der Waals surface area contributed by atoms with Gasteiger partial charge in [0.25, 0.3) is 0 Å². The molecule has 0 saturated carbocycles. The van der Waals surface area contributed by atoms with Gasteiger partial charge >= 0.3 is 6.03 Å². The predicted octanol–water partition coefficient (Wildman–Crippen LogP) is 3.98.